The van der Waals surface area contributed by atoms with Gasteiger partial charge in [-0.1, -0.05) is 12.1 Å². The number of carbonyl (C=O) groups excluding carboxylic acids is 1. The average molecular weight is 366 g/mol. The van der Waals surface area contributed by atoms with E-state index in [1.54, 1.807) is 13.2 Å². The number of benzene rings is 2. The van der Waals surface area contributed by atoms with Crippen LogP contribution in [0.25, 0.3) is 0 Å². The van der Waals surface area contributed by atoms with Crippen molar-refractivity contribution in [1.29, 1.82) is 0 Å². The van der Waals surface area contributed by atoms with Crippen molar-refractivity contribution in [3.8, 4) is 5.75 Å². The SMILES string of the molecule is COc1cccc(CCNc2cc(C(=O)Nc3ccc(F)cc3)ncn2)c1. The first kappa shape index (κ1) is 18.3. The molecule has 0 unspecified atom stereocenters. The zero-order valence-electron chi connectivity index (χ0n) is 14.8. The summed E-state index contributed by atoms with van der Waals surface area (Å²) in [6, 6.07) is 14.9. The number of nitrogens with zero attached hydrogens (tertiary/aromatic N) is 2. The fourth-order valence-corrected chi connectivity index (χ4v) is 2.47. The Labute approximate surface area is 156 Å². The topological polar surface area (TPSA) is 76.1 Å². The first-order valence-corrected chi connectivity index (χ1v) is 8.40. The van der Waals surface area contributed by atoms with Crippen molar-refractivity contribution in [2.24, 2.45) is 0 Å². The van der Waals surface area contributed by atoms with E-state index in [0.29, 0.717) is 18.1 Å². The average Bonchev–Trinajstić information content (AvgIpc) is 2.70. The molecule has 27 heavy (non-hydrogen) atoms. The molecule has 0 aliphatic heterocycles. The van der Waals surface area contributed by atoms with Crippen LogP contribution >= 0.6 is 0 Å². The molecule has 0 fully saturated rings. The van der Waals surface area contributed by atoms with Crippen LogP contribution in [0.4, 0.5) is 15.9 Å². The number of aromatic nitrogens is 2. The second kappa shape index (κ2) is 8.75. The molecule has 138 valence electrons. The number of hydrogen-bond donors (Lipinski definition) is 2. The van der Waals surface area contributed by atoms with Crippen LogP contribution in [-0.4, -0.2) is 29.5 Å². The molecule has 1 heterocycles. The molecule has 1 aromatic heterocycles. The van der Waals surface area contributed by atoms with Crippen molar-refractivity contribution in [3.63, 3.8) is 0 Å². The highest BCUT2D eigenvalue weighted by atomic mass is 19.1. The van der Waals surface area contributed by atoms with E-state index in [4.69, 9.17) is 4.74 Å². The maximum Gasteiger partial charge on any atom is 0.274 e. The molecule has 1 amide bonds. The van der Waals surface area contributed by atoms with Gasteiger partial charge in [0, 0.05) is 18.3 Å². The minimum absolute atomic E-state index is 0.221. The molecule has 0 atom stereocenters. The highest BCUT2D eigenvalue weighted by molar-refractivity contribution is 6.03. The number of anilines is 2. The van der Waals surface area contributed by atoms with Gasteiger partial charge in [-0.05, 0) is 48.4 Å². The summed E-state index contributed by atoms with van der Waals surface area (Å²) in [5, 5.41) is 5.85. The minimum atomic E-state index is -0.389. The lowest BCUT2D eigenvalue weighted by atomic mass is 10.1. The highest BCUT2D eigenvalue weighted by Gasteiger charge is 2.09. The first-order chi connectivity index (χ1) is 13.1. The third-order valence-electron chi connectivity index (χ3n) is 3.86. The zero-order valence-corrected chi connectivity index (χ0v) is 14.8. The summed E-state index contributed by atoms with van der Waals surface area (Å²) in [5.74, 6) is 0.615. The molecule has 0 aliphatic carbocycles. The summed E-state index contributed by atoms with van der Waals surface area (Å²) in [6.45, 7) is 0.642. The van der Waals surface area contributed by atoms with Crippen LogP contribution in [-0.2, 0) is 6.42 Å². The molecule has 0 aliphatic rings. The molecule has 7 heteroatoms. The Morgan fingerprint density at radius 2 is 1.93 bits per heavy atom. The molecular formula is C20H19FN4O2. The van der Waals surface area contributed by atoms with Crippen LogP contribution < -0.4 is 15.4 Å². The molecule has 3 aromatic rings. The van der Waals surface area contributed by atoms with Crippen molar-refractivity contribution in [2.75, 3.05) is 24.3 Å². The Bertz CT molecular complexity index is 916. The fraction of sp³-hybridized carbons (Fsp3) is 0.150. The van der Waals surface area contributed by atoms with Crippen LogP contribution in [0.1, 0.15) is 16.1 Å². The summed E-state index contributed by atoms with van der Waals surface area (Å²) < 4.78 is 18.1. The van der Waals surface area contributed by atoms with Gasteiger partial charge in [0.2, 0.25) is 0 Å². The smallest absolute Gasteiger partial charge is 0.274 e. The normalized spacial score (nSPS) is 10.3. The van der Waals surface area contributed by atoms with E-state index in [2.05, 4.69) is 20.6 Å². The maximum atomic E-state index is 12.9. The molecule has 0 spiro atoms. The van der Waals surface area contributed by atoms with E-state index >= 15 is 0 Å². The van der Waals surface area contributed by atoms with Crippen molar-refractivity contribution in [1.82, 2.24) is 9.97 Å². The largest absolute Gasteiger partial charge is 0.497 e. The second-order valence-corrected chi connectivity index (χ2v) is 5.78. The van der Waals surface area contributed by atoms with Gasteiger partial charge in [0.1, 0.15) is 29.4 Å². The predicted molar refractivity (Wildman–Crippen MR) is 102 cm³/mol. The van der Waals surface area contributed by atoms with Gasteiger partial charge >= 0.3 is 0 Å². The Hall–Kier alpha value is -3.48. The van der Waals surface area contributed by atoms with Crippen LogP contribution in [0.5, 0.6) is 5.75 Å². The van der Waals surface area contributed by atoms with Crippen LogP contribution in [0.3, 0.4) is 0 Å². The lowest BCUT2D eigenvalue weighted by molar-refractivity contribution is 0.102. The van der Waals surface area contributed by atoms with Gasteiger partial charge < -0.3 is 15.4 Å². The third kappa shape index (κ3) is 5.24. The van der Waals surface area contributed by atoms with Crippen LogP contribution in [0.2, 0.25) is 0 Å². The number of methoxy groups -OCH3 is 1. The van der Waals surface area contributed by atoms with Gasteiger partial charge in [-0.25, -0.2) is 14.4 Å². The van der Waals surface area contributed by atoms with Gasteiger partial charge in [0.25, 0.3) is 5.91 Å². The maximum absolute atomic E-state index is 12.9. The molecule has 0 saturated carbocycles. The van der Waals surface area contributed by atoms with Crippen molar-refractivity contribution < 1.29 is 13.9 Å². The number of amides is 1. The van der Waals surface area contributed by atoms with E-state index in [1.165, 1.54) is 30.6 Å². The zero-order chi connectivity index (χ0) is 19.1. The molecular weight excluding hydrogens is 347 g/mol. The number of ether oxygens (including phenoxy) is 1. The quantitative estimate of drug-likeness (QED) is 0.669. The Kier molecular flexibility index (Phi) is 5.94. The molecule has 2 N–H and O–H groups in total. The van der Waals surface area contributed by atoms with Gasteiger partial charge in [0.15, 0.2) is 0 Å². The highest BCUT2D eigenvalue weighted by Crippen LogP contribution is 2.14. The number of hydrogen-bond acceptors (Lipinski definition) is 5. The standard InChI is InChI=1S/C20H19FN4O2/c1-27-17-4-2-3-14(11-17)9-10-22-19-12-18(23-13-24-19)20(26)25-16-7-5-15(21)6-8-16/h2-8,11-13H,9-10H2,1H3,(H,25,26)(H,22,23,24). The summed E-state index contributed by atoms with van der Waals surface area (Å²) in [6.07, 6.45) is 2.10. The van der Waals surface area contributed by atoms with Gasteiger partial charge in [-0.3, -0.25) is 4.79 Å². The van der Waals surface area contributed by atoms with Crippen LogP contribution in [0.15, 0.2) is 60.9 Å². The van der Waals surface area contributed by atoms with E-state index in [9.17, 15) is 9.18 Å². The molecule has 2 aromatic carbocycles. The van der Waals surface area contributed by atoms with E-state index in [1.807, 2.05) is 24.3 Å². The van der Waals surface area contributed by atoms with Gasteiger partial charge in [0.05, 0.1) is 7.11 Å². The van der Waals surface area contributed by atoms with E-state index in [0.717, 1.165) is 17.7 Å². The van der Waals surface area contributed by atoms with Crippen molar-refractivity contribution >= 4 is 17.4 Å². The second-order valence-electron chi connectivity index (χ2n) is 5.78. The number of rotatable bonds is 7. The fourth-order valence-electron chi connectivity index (χ4n) is 2.47. The Morgan fingerprint density at radius 1 is 1.11 bits per heavy atom. The molecule has 0 bridgehead atoms. The van der Waals surface area contributed by atoms with E-state index < -0.39 is 0 Å². The van der Waals surface area contributed by atoms with Gasteiger partial charge in [-0.2, -0.15) is 0 Å². The minimum Gasteiger partial charge on any atom is -0.497 e. The Balaban J connectivity index is 1.57. The number of carbonyl (C=O) groups is 1. The lowest BCUT2D eigenvalue weighted by Crippen LogP contribution is -2.15. The van der Waals surface area contributed by atoms with Crippen LogP contribution in [0, 0.1) is 5.82 Å². The summed E-state index contributed by atoms with van der Waals surface area (Å²) >= 11 is 0. The summed E-state index contributed by atoms with van der Waals surface area (Å²) in [7, 11) is 1.64. The predicted octanol–water partition coefficient (Wildman–Crippen LogP) is 3.53. The molecule has 3 rings (SSSR count). The lowest BCUT2D eigenvalue weighted by Gasteiger charge is -2.08. The molecule has 6 nitrogen and oxygen atoms in total. The van der Waals surface area contributed by atoms with Crippen molar-refractivity contribution in [3.05, 3.63) is 78.0 Å². The first-order valence-electron chi connectivity index (χ1n) is 8.40. The summed E-state index contributed by atoms with van der Waals surface area (Å²) in [4.78, 5) is 20.4. The third-order valence-corrected chi connectivity index (χ3v) is 3.86. The van der Waals surface area contributed by atoms with Crippen molar-refractivity contribution in [2.45, 2.75) is 6.42 Å². The van der Waals surface area contributed by atoms with E-state index in [-0.39, 0.29) is 17.4 Å². The summed E-state index contributed by atoms with van der Waals surface area (Å²) in [5.41, 5.74) is 1.84. The Morgan fingerprint density at radius 3 is 2.70 bits per heavy atom. The van der Waals surface area contributed by atoms with Gasteiger partial charge in [-0.15, -0.1) is 0 Å². The molecule has 0 saturated heterocycles. The number of halogens is 1. The molecule has 0 radical (unpaired) electrons. The number of nitrogens with one attached hydrogen (secondary N) is 2. The monoisotopic (exact) mass is 366 g/mol.